The van der Waals surface area contributed by atoms with E-state index in [1.807, 2.05) is 184 Å². The van der Waals surface area contributed by atoms with E-state index in [4.69, 9.17) is 18.5 Å². The first-order chi connectivity index (χ1) is 26.1. The van der Waals surface area contributed by atoms with Crippen LogP contribution in [0.2, 0.25) is 0 Å². The first-order valence-electron chi connectivity index (χ1n) is 18.2. The van der Waals surface area contributed by atoms with E-state index in [0.29, 0.717) is 22.3 Å². The van der Waals surface area contributed by atoms with Crippen LogP contribution in [0.4, 0.5) is 0 Å². The maximum atomic E-state index is 15.2. The van der Waals surface area contributed by atoms with Gasteiger partial charge in [-0.25, -0.2) is 4.57 Å². The van der Waals surface area contributed by atoms with Crippen LogP contribution in [-0.2, 0) is 34.3 Å². The summed E-state index contributed by atoms with van der Waals surface area (Å²) in [6, 6.07) is 56.2. The summed E-state index contributed by atoms with van der Waals surface area (Å²) < 4.78 is 43.0. The molecular formula is C47H37O6P. The second-order valence-electron chi connectivity index (χ2n) is 14.8. The molecule has 2 fully saturated rings. The molecule has 54 heavy (non-hydrogen) atoms. The topological polar surface area (TPSA) is 74.2 Å². The Balaban J connectivity index is 1.32. The molecule has 8 aromatic rings. The summed E-state index contributed by atoms with van der Waals surface area (Å²) in [6.07, 6.45) is -2.01. The van der Waals surface area contributed by atoms with Gasteiger partial charge in [0, 0.05) is 0 Å². The molecule has 0 amide bonds. The number of benzene rings is 8. The molecule has 2 heterocycles. The van der Waals surface area contributed by atoms with Gasteiger partial charge in [0.1, 0.15) is 12.2 Å². The Kier molecular flexibility index (Phi) is 7.53. The highest BCUT2D eigenvalue weighted by atomic mass is 31.2. The Morgan fingerprint density at radius 1 is 0.426 bits per heavy atom. The summed E-state index contributed by atoms with van der Waals surface area (Å²) in [4.78, 5) is 12.4. The maximum absolute atomic E-state index is 15.2. The fourth-order valence-electron chi connectivity index (χ4n) is 8.72. The Morgan fingerprint density at radius 3 is 0.963 bits per heavy atom. The summed E-state index contributed by atoms with van der Waals surface area (Å²) in [5.41, 5.74) is -0.827. The summed E-state index contributed by atoms with van der Waals surface area (Å²) in [5.74, 6) is -1.16. The molecule has 0 saturated carbocycles. The Morgan fingerprint density at radius 2 is 0.685 bits per heavy atom. The van der Waals surface area contributed by atoms with E-state index in [0.717, 1.165) is 43.1 Å². The lowest BCUT2D eigenvalue weighted by molar-refractivity contribution is -0.178. The van der Waals surface area contributed by atoms with Crippen LogP contribution in [0.25, 0.3) is 43.1 Å². The lowest BCUT2D eigenvalue weighted by atomic mass is 9.71. The van der Waals surface area contributed by atoms with Gasteiger partial charge >= 0.3 is 7.82 Å². The first-order valence-corrected chi connectivity index (χ1v) is 19.7. The smallest absolute Gasteiger partial charge is 0.341 e. The minimum atomic E-state index is -5.03. The first kappa shape index (κ1) is 33.4. The van der Waals surface area contributed by atoms with Gasteiger partial charge in [-0.3, -0.25) is 9.05 Å². The Bertz CT molecular complexity index is 2470. The van der Waals surface area contributed by atoms with Gasteiger partial charge in [-0.15, -0.1) is 0 Å². The van der Waals surface area contributed by atoms with Gasteiger partial charge in [0.2, 0.25) is 0 Å². The highest BCUT2D eigenvalue weighted by Gasteiger charge is 2.69. The van der Waals surface area contributed by atoms with Gasteiger partial charge in [0.05, 0.1) is 0 Å². The van der Waals surface area contributed by atoms with Gasteiger partial charge < -0.3 is 14.4 Å². The molecule has 6 nitrogen and oxygen atoms in total. The summed E-state index contributed by atoms with van der Waals surface area (Å²) in [6.45, 7) is 3.74. The van der Waals surface area contributed by atoms with E-state index < -0.39 is 37.0 Å². The number of rotatable bonds is 4. The molecule has 8 aromatic carbocycles. The van der Waals surface area contributed by atoms with E-state index in [-0.39, 0.29) is 0 Å². The fourth-order valence-corrected chi connectivity index (χ4v) is 10.1. The third-order valence-electron chi connectivity index (χ3n) is 11.1. The number of hydrogen-bond acceptors (Lipinski definition) is 5. The zero-order valence-electron chi connectivity index (χ0n) is 29.8. The van der Waals surface area contributed by atoms with Gasteiger partial charge in [0.15, 0.2) is 17.0 Å². The van der Waals surface area contributed by atoms with Gasteiger partial charge in [-0.2, -0.15) is 0 Å². The molecule has 0 aliphatic carbocycles. The third kappa shape index (κ3) is 5.25. The van der Waals surface area contributed by atoms with Gasteiger partial charge in [0.25, 0.3) is 0 Å². The van der Waals surface area contributed by atoms with Crippen LogP contribution < -0.4 is 0 Å². The standard InChI is InChI=1S/C47H37O6P/c1-45(2)50-43-44(51-45)47(41-25-21-33-13-5-9-17-37(33)29-41,42-26-22-34-14-6-10-18-38(34)30-42)53-54(48,49)52-46(43,39-23-19-31-11-3-7-15-35(31)27-39)40-24-20-32-12-4-8-16-36(32)28-40/h3-30,43-44H,1-2H3,(H,48,49)/t43-,44-/m0/s1. The predicted molar refractivity (Wildman–Crippen MR) is 213 cm³/mol. The second-order valence-corrected chi connectivity index (χ2v) is 16.1. The van der Waals surface area contributed by atoms with Crippen molar-refractivity contribution in [3.8, 4) is 0 Å². The molecule has 0 spiro atoms. The Labute approximate surface area is 313 Å². The van der Waals surface area contributed by atoms with E-state index in [9.17, 15) is 4.89 Å². The average Bonchev–Trinajstić information content (AvgIpc) is 3.50. The molecule has 0 bridgehead atoms. The molecule has 2 aliphatic rings. The van der Waals surface area contributed by atoms with Crippen molar-refractivity contribution in [2.45, 2.75) is 43.0 Å². The largest absolute Gasteiger partial charge is 0.474 e. The van der Waals surface area contributed by atoms with Crippen LogP contribution in [0, 0.1) is 0 Å². The molecule has 0 radical (unpaired) electrons. The molecule has 2 aliphatic heterocycles. The minimum Gasteiger partial charge on any atom is -0.341 e. The fraction of sp³-hybridized carbons (Fsp3) is 0.149. The third-order valence-corrected chi connectivity index (χ3v) is 12.2. The van der Waals surface area contributed by atoms with Crippen molar-refractivity contribution in [3.63, 3.8) is 0 Å². The zero-order valence-corrected chi connectivity index (χ0v) is 30.7. The SMILES string of the molecule is CC1(C)O[C@H]2[C@H](O1)C(c1ccc3ccccc3c1)(c1ccc3ccccc3c1)OP(=O)(O)OC2(c1ccc2ccccc2c1)c1ccc2ccccc2c1. The van der Waals surface area contributed by atoms with E-state index >= 15 is 4.57 Å². The monoisotopic (exact) mass is 728 g/mol. The summed E-state index contributed by atoms with van der Waals surface area (Å²) >= 11 is 0. The van der Waals surface area contributed by atoms with Crippen LogP contribution in [0.15, 0.2) is 170 Å². The van der Waals surface area contributed by atoms with Crippen LogP contribution in [0.3, 0.4) is 0 Å². The molecule has 0 unspecified atom stereocenters. The van der Waals surface area contributed by atoms with E-state index in [2.05, 4.69) is 0 Å². The van der Waals surface area contributed by atoms with Crippen molar-refractivity contribution in [1.82, 2.24) is 0 Å². The van der Waals surface area contributed by atoms with Crippen LogP contribution in [0.1, 0.15) is 36.1 Å². The highest BCUT2D eigenvalue weighted by Crippen LogP contribution is 2.67. The lowest BCUT2D eigenvalue weighted by Crippen LogP contribution is -2.53. The zero-order chi connectivity index (χ0) is 36.7. The second kappa shape index (κ2) is 12.2. The van der Waals surface area contributed by atoms with Crippen molar-refractivity contribution in [2.75, 3.05) is 0 Å². The van der Waals surface area contributed by atoms with Crippen LogP contribution in [0.5, 0.6) is 0 Å². The molecule has 0 aromatic heterocycles. The van der Waals surface area contributed by atoms with Crippen molar-refractivity contribution in [1.29, 1.82) is 0 Å². The molecule has 1 N–H and O–H groups in total. The molecule has 2 atom stereocenters. The maximum Gasteiger partial charge on any atom is 0.474 e. The number of hydrogen-bond donors (Lipinski definition) is 1. The lowest BCUT2D eigenvalue weighted by Gasteiger charge is -2.41. The van der Waals surface area contributed by atoms with Crippen molar-refractivity contribution >= 4 is 50.9 Å². The van der Waals surface area contributed by atoms with E-state index in [1.165, 1.54) is 0 Å². The number of ether oxygens (including phenoxy) is 2. The number of fused-ring (bicyclic) bond motifs is 5. The number of phosphoric ester groups is 1. The summed E-state index contributed by atoms with van der Waals surface area (Å²) in [7, 11) is -5.03. The molecule has 266 valence electrons. The average molecular weight is 729 g/mol. The highest BCUT2D eigenvalue weighted by molar-refractivity contribution is 7.47. The van der Waals surface area contributed by atoms with E-state index in [1.54, 1.807) is 0 Å². The minimum absolute atomic E-state index is 0.637. The molecule has 10 rings (SSSR count). The van der Waals surface area contributed by atoms with Gasteiger partial charge in [-0.1, -0.05) is 146 Å². The number of phosphoric acid groups is 1. The quantitative estimate of drug-likeness (QED) is 0.182. The van der Waals surface area contributed by atoms with Crippen molar-refractivity contribution < 1.29 is 28.0 Å². The van der Waals surface area contributed by atoms with Crippen molar-refractivity contribution in [3.05, 3.63) is 192 Å². The predicted octanol–water partition coefficient (Wildman–Crippen LogP) is 11.2. The van der Waals surface area contributed by atoms with Gasteiger partial charge in [-0.05, 0) is 103 Å². The summed E-state index contributed by atoms with van der Waals surface area (Å²) in [5, 5.41) is 7.87. The molecule has 2 saturated heterocycles. The van der Waals surface area contributed by atoms with Crippen LogP contribution >= 0.6 is 7.82 Å². The van der Waals surface area contributed by atoms with Crippen LogP contribution in [-0.4, -0.2) is 22.9 Å². The molecular weight excluding hydrogens is 691 g/mol. The van der Waals surface area contributed by atoms with Crippen molar-refractivity contribution in [2.24, 2.45) is 0 Å². The molecule has 7 heteroatoms. The normalized spacial score (nSPS) is 21.2. The Hall–Kier alpha value is -5.17.